The standard InChI is InChI=1S/C19H18FN3O4/c1-12(22-23-19(25)13-2-4-14(20)5-3-13)10-18(24)21-15-6-7-16-17(11-15)27-9-8-26-16/h2-7,11H,8-10H2,1H3,(H,21,24)(H,23,25). The van der Waals surface area contributed by atoms with Gasteiger partial charge in [0, 0.05) is 23.0 Å². The molecule has 2 amide bonds. The van der Waals surface area contributed by atoms with E-state index >= 15 is 0 Å². The van der Waals surface area contributed by atoms with Crippen LogP contribution in [-0.2, 0) is 4.79 Å². The molecule has 0 atom stereocenters. The van der Waals surface area contributed by atoms with E-state index in [-0.39, 0.29) is 17.9 Å². The summed E-state index contributed by atoms with van der Waals surface area (Å²) in [6, 6.07) is 10.2. The summed E-state index contributed by atoms with van der Waals surface area (Å²) in [4.78, 5) is 24.0. The minimum Gasteiger partial charge on any atom is -0.486 e. The van der Waals surface area contributed by atoms with Crippen molar-refractivity contribution < 1.29 is 23.5 Å². The molecular weight excluding hydrogens is 353 g/mol. The molecule has 2 N–H and O–H groups in total. The summed E-state index contributed by atoms with van der Waals surface area (Å²) in [6.45, 7) is 2.58. The second-order valence-electron chi connectivity index (χ2n) is 5.88. The van der Waals surface area contributed by atoms with E-state index in [9.17, 15) is 14.0 Å². The SMILES string of the molecule is CC(CC(=O)Nc1ccc2c(c1)OCCO2)=NNC(=O)c1ccc(F)cc1. The average molecular weight is 371 g/mol. The van der Waals surface area contributed by atoms with Gasteiger partial charge in [0.25, 0.3) is 5.91 Å². The van der Waals surface area contributed by atoms with Gasteiger partial charge in [-0.1, -0.05) is 0 Å². The Morgan fingerprint density at radius 2 is 1.78 bits per heavy atom. The minimum absolute atomic E-state index is 0.00185. The van der Waals surface area contributed by atoms with Crippen LogP contribution in [0.25, 0.3) is 0 Å². The molecule has 8 heteroatoms. The van der Waals surface area contributed by atoms with Crippen molar-refractivity contribution in [2.45, 2.75) is 13.3 Å². The lowest BCUT2D eigenvalue weighted by Crippen LogP contribution is -2.21. The number of carbonyl (C=O) groups is 2. The van der Waals surface area contributed by atoms with Crippen molar-refractivity contribution in [2.24, 2.45) is 5.10 Å². The number of hydrogen-bond donors (Lipinski definition) is 2. The van der Waals surface area contributed by atoms with Gasteiger partial charge < -0.3 is 14.8 Å². The third-order valence-electron chi connectivity index (χ3n) is 3.70. The number of halogens is 1. The van der Waals surface area contributed by atoms with Crippen molar-refractivity contribution in [3.05, 3.63) is 53.8 Å². The lowest BCUT2D eigenvalue weighted by Gasteiger charge is -2.19. The number of fused-ring (bicyclic) bond motifs is 1. The topological polar surface area (TPSA) is 89.0 Å². The van der Waals surface area contributed by atoms with Crippen molar-refractivity contribution in [1.29, 1.82) is 0 Å². The number of nitrogens with one attached hydrogen (secondary N) is 2. The van der Waals surface area contributed by atoms with E-state index in [0.29, 0.717) is 36.1 Å². The van der Waals surface area contributed by atoms with Crippen molar-refractivity contribution in [3.8, 4) is 11.5 Å². The van der Waals surface area contributed by atoms with Gasteiger partial charge in [-0.05, 0) is 43.3 Å². The monoisotopic (exact) mass is 371 g/mol. The molecule has 0 saturated carbocycles. The van der Waals surface area contributed by atoms with Gasteiger partial charge in [-0.2, -0.15) is 5.10 Å². The highest BCUT2D eigenvalue weighted by Crippen LogP contribution is 2.32. The molecule has 0 radical (unpaired) electrons. The van der Waals surface area contributed by atoms with Gasteiger partial charge in [-0.15, -0.1) is 0 Å². The zero-order chi connectivity index (χ0) is 19.2. The second kappa shape index (κ2) is 8.31. The number of hydrazone groups is 1. The minimum atomic E-state index is -0.485. The summed E-state index contributed by atoms with van der Waals surface area (Å²) in [5.74, 6) is 0.0177. The molecule has 0 aliphatic carbocycles. The summed E-state index contributed by atoms with van der Waals surface area (Å²) in [5.41, 5.74) is 3.60. The summed E-state index contributed by atoms with van der Waals surface area (Å²) in [6.07, 6.45) is -0.00185. The summed E-state index contributed by atoms with van der Waals surface area (Å²) in [7, 11) is 0. The molecule has 0 unspecified atom stereocenters. The Bertz CT molecular complexity index is 881. The number of benzene rings is 2. The molecule has 0 aromatic heterocycles. The number of ether oxygens (including phenoxy) is 2. The van der Waals surface area contributed by atoms with E-state index in [2.05, 4.69) is 15.8 Å². The predicted molar refractivity (Wildman–Crippen MR) is 97.7 cm³/mol. The summed E-state index contributed by atoms with van der Waals surface area (Å²) in [5, 5.41) is 6.63. The van der Waals surface area contributed by atoms with E-state index in [1.807, 2.05) is 0 Å². The highest BCUT2D eigenvalue weighted by molar-refractivity contribution is 6.06. The first kappa shape index (κ1) is 18.4. The Labute approximate surface area is 155 Å². The molecule has 0 saturated heterocycles. The second-order valence-corrected chi connectivity index (χ2v) is 5.88. The van der Waals surface area contributed by atoms with Crippen LogP contribution < -0.4 is 20.2 Å². The number of carbonyl (C=O) groups excluding carboxylic acids is 2. The Morgan fingerprint density at radius 1 is 1.07 bits per heavy atom. The molecule has 7 nitrogen and oxygen atoms in total. The van der Waals surface area contributed by atoms with Crippen LogP contribution in [0.3, 0.4) is 0 Å². The fraction of sp³-hybridized carbons (Fsp3) is 0.211. The normalized spacial score (nSPS) is 13.0. The maximum absolute atomic E-state index is 12.9. The first-order valence-corrected chi connectivity index (χ1v) is 8.30. The van der Waals surface area contributed by atoms with Gasteiger partial charge in [0.2, 0.25) is 5.91 Å². The number of rotatable bonds is 5. The predicted octanol–water partition coefficient (Wildman–Crippen LogP) is 2.73. The molecule has 1 heterocycles. The van der Waals surface area contributed by atoms with E-state index < -0.39 is 11.7 Å². The van der Waals surface area contributed by atoms with E-state index in [0.717, 1.165) is 0 Å². The zero-order valence-corrected chi connectivity index (χ0v) is 14.6. The maximum Gasteiger partial charge on any atom is 0.271 e. The van der Waals surface area contributed by atoms with Crippen LogP contribution in [0.1, 0.15) is 23.7 Å². The third-order valence-corrected chi connectivity index (χ3v) is 3.70. The largest absolute Gasteiger partial charge is 0.486 e. The van der Waals surface area contributed by atoms with Gasteiger partial charge in [0.05, 0.1) is 6.42 Å². The number of anilines is 1. The molecule has 140 valence electrons. The smallest absolute Gasteiger partial charge is 0.271 e. The highest BCUT2D eigenvalue weighted by atomic mass is 19.1. The lowest BCUT2D eigenvalue weighted by atomic mass is 10.2. The molecule has 1 aliphatic heterocycles. The molecule has 1 aliphatic rings. The Kier molecular flexibility index (Phi) is 5.65. The lowest BCUT2D eigenvalue weighted by molar-refractivity contribution is -0.115. The van der Waals surface area contributed by atoms with E-state index in [1.54, 1.807) is 25.1 Å². The van der Waals surface area contributed by atoms with Gasteiger partial charge in [0.1, 0.15) is 19.0 Å². The first-order chi connectivity index (χ1) is 13.0. The summed E-state index contributed by atoms with van der Waals surface area (Å²) < 4.78 is 23.8. The fourth-order valence-corrected chi connectivity index (χ4v) is 2.41. The van der Waals surface area contributed by atoms with Crippen LogP contribution in [0.5, 0.6) is 11.5 Å². The van der Waals surface area contributed by atoms with Crippen molar-refractivity contribution in [3.63, 3.8) is 0 Å². The van der Waals surface area contributed by atoms with Gasteiger partial charge >= 0.3 is 0 Å². The number of amides is 2. The van der Waals surface area contributed by atoms with E-state index in [4.69, 9.17) is 9.47 Å². The molecule has 2 aromatic carbocycles. The summed E-state index contributed by atoms with van der Waals surface area (Å²) >= 11 is 0. The fourth-order valence-electron chi connectivity index (χ4n) is 2.41. The molecule has 0 bridgehead atoms. The van der Waals surface area contributed by atoms with Gasteiger partial charge in [-0.3, -0.25) is 9.59 Å². The molecule has 0 spiro atoms. The van der Waals surface area contributed by atoms with Crippen LogP contribution in [0.4, 0.5) is 10.1 Å². The third kappa shape index (κ3) is 5.04. The van der Waals surface area contributed by atoms with E-state index in [1.165, 1.54) is 24.3 Å². The molecular formula is C19H18FN3O4. The van der Waals surface area contributed by atoms with Crippen molar-refractivity contribution in [1.82, 2.24) is 5.43 Å². The molecule has 2 aromatic rings. The quantitative estimate of drug-likeness (QED) is 0.625. The van der Waals surface area contributed by atoms with Crippen LogP contribution >= 0.6 is 0 Å². The molecule has 0 fully saturated rings. The maximum atomic E-state index is 12.9. The van der Waals surface area contributed by atoms with Crippen LogP contribution in [0.15, 0.2) is 47.6 Å². The Balaban J connectivity index is 1.53. The van der Waals surface area contributed by atoms with Crippen LogP contribution in [0, 0.1) is 5.82 Å². The van der Waals surface area contributed by atoms with Crippen molar-refractivity contribution >= 4 is 23.2 Å². The van der Waals surface area contributed by atoms with Crippen LogP contribution in [-0.4, -0.2) is 30.7 Å². The average Bonchev–Trinajstić information content (AvgIpc) is 2.66. The Hall–Kier alpha value is -3.42. The molecule has 3 rings (SSSR count). The number of nitrogens with zero attached hydrogens (tertiary/aromatic N) is 1. The molecule has 27 heavy (non-hydrogen) atoms. The van der Waals surface area contributed by atoms with Crippen molar-refractivity contribution in [2.75, 3.05) is 18.5 Å². The highest BCUT2D eigenvalue weighted by Gasteiger charge is 2.13. The van der Waals surface area contributed by atoms with Gasteiger partial charge in [0.15, 0.2) is 11.5 Å². The number of hydrogen-bond acceptors (Lipinski definition) is 5. The first-order valence-electron chi connectivity index (χ1n) is 8.30. The Morgan fingerprint density at radius 3 is 2.52 bits per heavy atom. The zero-order valence-electron chi connectivity index (χ0n) is 14.6. The van der Waals surface area contributed by atoms with Gasteiger partial charge in [-0.25, -0.2) is 9.82 Å². The van der Waals surface area contributed by atoms with Crippen LogP contribution in [0.2, 0.25) is 0 Å².